The second-order valence-corrected chi connectivity index (χ2v) is 2.35. The van der Waals surface area contributed by atoms with Gasteiger partial charge in [0.25, 0.3) is 0 Å². The Hall–Kier alpha value is -0.570. The van der Waals surface area contributed by atoms with Crippen molar-refractivity contribution in [2.75, 3.05) is 6.54 Å². The molecule has 1 radical (unpaired) electrons. The van der Waals surface area contributed by atoms with Gasteiger partial charge in [0.2, 0.25) is 0 Å². The van der Waals surface area contributed by atoms with Gasteiger partial charge in [0, 0.05) is 6.54 Å². The van der Waals surface area contributed by atoms with Gasteiger partial charge in [-0.3, -0.25) is 9.80 Å². The van der Waals surface area contributed by atoms with Gasteiger partial charge in [-0.25, -0.2) is 5.84 Å². The van der Waals surface area contributed by atoms with E-state index in [0.717, 1.165) is 17.9 Å². The molecule has 0 aromatic carbocycles. The Bertz CT molecular complexity index is 85.7. The van der Waals surface area contributed by atoms with E-state index >= 15 is 0 Å². The Morgan fingerprint density at radius 3 is 2.60 bits per heavy atom. The molecule has 0 unspecified atom stereocenters. The highest BCUT2D eigenvalue weighted by Gasteiger charge is 1.93. The van der Waals surface area contributed by atoms with E-state index in [1.165, 1.54) is 12.8 Å². The van der Waals surface area contributed by atoms with Crippen LogP contribution in [-0.4, -0.2) is 18.0 Å². The molecular weight excluding hydrogens is 128 g/mol. The van der Waals surface area contributed by atoms with Gasteiger partial charge in [-0.15, -0.1) is 0 Å². The molecule has 10 heavy (non-hydrogen) atoms. The molecule has 0 heterocycles. The first-order chi connectivity index (χ1) is 4.81. The van der Waals surface area contributed by atoms with Crippen LogP contribution in [0.1, 0.15) is 32.6 Å². The molecule has 2 N–H and O–H groups in total. The molecule has 0 spiro atoms. The molecule has 3 nitrogen and oxygen atoms in total. The second kappa shape index (κ2) is 6.55. The van der Waals surface area contributed by atoms with Crippen molar-refractivity contribution in [1.82, 2.24) is 5.01 Å². The summed E-state index contributed by atoms with van der Waals surface area (Å²) in [6.07, 6.45) is 6.15. The Morgan fingerprint density at radius 2 is 2.10 bits per heavy atom. The van der Waals surface area contributed by atoms with E-state index in [-0.39, 0.29) is 0 Å². The molecule has 0 bridgehead atoms. The topological polar surface area (TPSA) is 46.3 Å². The number of nitrogens with two attached hydrogens (primary N) is 1. The van der Waals surface area contributed by atoms with E-state index in [2.05, 4.69) is 6.92 Å². The Morgan fingerprint density at radius 1 is 1.40 bits per heavy atom. The van der Waals surface area contributed by atoms with Gasteiger partial charge in [0.15, 0.2) is 0 Å². The predicted octanol–water partition coefficient (Wildman–Crippen LogP) is 0.810. The van der Waals surface area contributed by atoms with Crippen LogP contribution < -0.4 is 5.84 Å². The van der Waals surface area contributed by atoms with E-state index in [9.17, 15) is 4.79 Å². The van der Waals surface area contributed by atoms with Gasteiger partial charge < -0.3 is 0 Å². The number of nitrogens with zero attached hydrogens (tertiary/aromatic N) is 1. The van der Waals surface area contributed by atoms with E-state index in [1.54, 1.807) is 6.41 Å². The van der Waals surface area contributed by atoms with Crippen LogP contribution in [0.25, 0.3) is 0 Å². The van der Waals surface area contributed by atoms with Gasteiger partial charge >= 0.3 is 6.41 Å². The van der Waals surface area contributed by atoms with Gasteiger partial charge in [0.05, 0.1) is 0 Å². The van der Waals surface area contributed by atoms with Crippen LogP contribution >= 0.6 is 0 Å². The average molecular weight is 143 g/mol. The summed E-state index contributed by atoms with van der Waals surface area (Å²) in [5, 5.41) is 1.07. The zero-order valence-electron chi connectivity index (χ0n) is 6.47. The summed E-state index contributed by atoms with van der Waals surface area (Å²) in [5.41, 5.74) is 0. The second-order valence-electron chi connectivity index (χ2n) is 2.35. The lowest BCUT2D eigenvalue weighted by atomic mass is 10.2. The first kappa shape index (κ1) is 9.43. The van der Waals surface area contributed by atoms with Gasteiger partial charge in [-0.05, 0) is 6.42 Å². The minimum absolute atomic E-state index is 0.628. The number of rotatable bonds is 6. The third-order valence-electron chi connectivity index (χ3n) is 1.37. The number of amides is 1. The zero-order valence-corrected chi connectivity index (χ0v) is 6.47. The summed E-state index contributed by atoms with van der Waals surface area (Å²) in [6.45, 7) is 2.77. The largest absolute Gasteiger partial charge is 0.327 e. The molecule has 0 aliphatic carbocycles. The Labute approximate surface area is 62.2 Å². The molecule has 0 aliphatic rings. The molecular formula is C7H15N2O. The van der Waals surface area contributed by atoms with E-state index in [0.29, 0.717) is 6.54 Å². The number of carbonyl (C=O) groups excluding carboxylic acids is 1. The summed E-state index contributed by atoms with van der Waals surface area (Å²) in [7, 11) is 0. The molecule has 0 saturated heterocycles. The highest BCUT2D eigenvalue weighted by Crippen LogP contribution is 1.97. The van der Waals surface area contributed by atoms with Crippen molar-refractivity contribution in [3.8, 4) is 0 Å². The monoisotopic (exact) mass is 143 g/mol. The highest BCUT2D eigenvalue weighted by atomic mass is 16.1. The molecule has 3 heteroatoms. The maximum Gasteiger partial charge on any atom is 0.327 e. The van der Waals surface area contributed by atoms with Crippen molar-refractivity contribution < 1.29 is 4.79 Å². The van der Waals surface area contributed by atoms with Crippen LogP contribution in [0.4, 0.5) is 0 Å². The lowest BCUT2D eigenvalue weighted by Gasteiger charge is -2.06. The maximum absolute atomic E-state index is 9.84. The number of hydrazine groups is 1. The standard InChI is InChI=1S/C7H15N2O/c1-2-3-4-5-6-9(8)7-10/h2-6,8H2,1H3. The van der Waals surface area contributed by atoms with Crippen molar-refractivity contribution in [3.63, 3.8) is 0 Å². The fourth-order valence-corrected chi connectivity index (χ4v) is 0.755. The molecule has 0 aromatic heterocycles. The third kappa shape index (κ3) is 5.56. The number of unbranched alkanes of at least 4 members (excludes halogenated alkanes) is 3. The molecule has 0 atom stereocenters. The van der Waals surface area contributed by atoms with Crippen molar-refractivity contribution in [3.05, 3.63) is 0 Å². The van der Waals surface area contributed by atoms with Crippen LogP contribution in [0.15, 0.2) is 0 Å². The molecule has 0 aromatic rings. The van der Waals surface area contributed by atoms with Crippen LogP contribution in [0.3, 0.4) is 0 Å². The van der Waals surface area contributed by atoms with Crippen molar-refractivity contribution in [1.29, 1.82) is 0 Å². The molecule has 0 saturated carbocycles. The van der Waals surface area contributed by atoms with Crippen LogP contribution in [0, 0.1) is 0 Å². The van der Waals surface area contributed by atoms with E-state index in [1.807, 2.05) is 0 Å². The van der Waals surface area contributed by atoms with Crippen molar-refractivity contribution in [2.45, 2.75) is 32.6 Å². The summed E-state index contributed by atoms with van der Waals surface area (Å²) in [6, 6.07) is 0. The molecule has 0 rings (SSSR count). The molecule has 59 valence electrons. The van der Waals surface area contributed by atoms with Crippen LogP contribution in [-0.2, 0) is 4.79 Å². The first-order valence-electron chi connectivity index (χ1n) is 3.71. The summed E-state index contributed by atoms with van der Waals surface area (Å²) >= 11 is 0. The van der Waals surface area contributed by atoms with Crippen LogP contribution in [0.2, 0.25) is 0 Å². The predicted molar refractivity (Wildman–Crippen MR) is 40.7 cm³/mol. The lowest BCUT2D eigenvalue weighted by molar-refractivity contribution is 0.380. The average Bonchev–Trinajstić information content (AvgIpc) is 1.98. The molecule has 0 fully saturated rings. The van der Waals surface area contributed by atoms with Crippen molar-refractivity contribution >= 4 is 6.41 Å². The minimum Gasteiger partial charge on any atom is -0.272 e. The van der Waals surface area contributed by atoms with Crippen LogP contribution in [0.5, 0.6) is 0 Å². The number of hydrogen-bond donors (Lipinski definition) is 1. The fraction of sp³-hybridized carbons (Fsp3) is 0.857. The zero-order chi connectivity index (χ0) is 7.82. The summed E-state index contributed by atoms with van der Waals surface area (Å²) < 4.78 is 0. The van der Waals surface area contributed by atoms with Gasteiger partial charge in [-0.1, -0.05) is 26.2 Å². The summed E-state index contributed by atoms with van der Waals surface area (Å²) in [5.74, 6) is 5.16. The first-order valence-corrected chi connectivity index (χ1v) is 3.71. The fourth-order valence-electron chi connectivity index (χ4n) is 0.755. The molecule has 0 aliphatic heterocycles. The number of hydrogen-bond acceptors (Lipinski definition) is 2. The van der Waals surface area contributed by atoms with E-state index < -0.39 is 0 Å². The maximum atomic E-state index is 9.84. The lowest BCUT2D eigenvalue weighted by Crippen LogP contribution is -2.30. The van der Waals surface area contributed by atoms with E-state index in [4.69, 9.17) is 5.84 Å². The quantitative estimate of drug-likeness (QED) is 0.197. The normalized spacial score (nSPS) is 9.40. The van der Waals surface area contributed by atoms with Crippen molar-refractivity contribution in [2.24, 2.45) is 5.84 Å². The van der Waals surface area contributed by atoms with Gasteiger partial charge in [0.1, 0.15) is 0 Å². The van der Waals surface area contributed by atoms with Gasteiger partial charge in [-0.2, -0.15) is 0 Å². The Kier molecular flexibility index (Phi) is 6.18. The Balaban J connectivity index is 2.95. The molecule has 1 amide bonds. The highest BCUT2D eigenvalue weighted by molar-refractivity contribution is 5.46. The third-order valence-corrected chi connectivity index (χ3v) is 1.37. The SMILES string of the molecule is CCCCCCN(N)[C]=O. The minimum atomic E-state index is 0.628. The smallest absolute Gasteiger partial charge is 0.272 e. The summed E-state index contributed by atoms with van der Waals surface area (Å²) in [4.78, 5) is 9.84.